The number of pyridine rings is 1. The van der Waals surface area contributed by atoms with Crippen molar-refractivity contribution in [3.63, 3.8) is 0 Å². The number of hydrogen-bond donors (Lipinski definition) is 0. The molecule has 1 aromatic carbocycles. The van der Waals surface area contributed by atoms with Crippen LogP contribution in [-0.4, -0.2) is 42.2 Å². The minimum absolute atomic E-state index is 0.00390. The molecule has 0 saturated heterocycles. The van der Waals surface area contributed by atoms with Gasteiger partial charge in [0, 0.05) is 37.5 Å². The SMILES string of the molecule is CCCOCCN1Cc2cc(OCCCCc3ccccn3)ccc2C[C@@H](C)C1=O. The molecule has 30 heavy (non-hydrogen) atoms. The molecule has 0 unspecified atom stereocenters. The van der Waals surface area contributed by atoms with Gasteiger partial charge < -0.3 is 14.4 Å². The fourth-order valence-corrected chi connectivity index (χ4v) is 3.81. The van der Waals surface area contributed by atoms with E-state index in [1.165, 1.54) is 11.1 Å². The summed E-state index contributed by atoms with van der Waals surface area (Å²) in [6, 6.07) is 12.3. The Morgan fingerprint density at radius 3 is 2.80 bits per heavy atom. The van der Waals surface area contributed by atoms with Gasteiger partial charge in [-0.25, -0.2) is 0 Å². The van der Waals surface area contributed by atoms with Crippen LogP contribution in [0.2, 0.25) is 0 Å². The van der Waals surface area contributed by atoms with E-state index in [9.17, 15) is 4.79 Å². The zero-order valence-corrected chi connectivity index (χ0v) is 18.3. The van der Waals surface area contributed by atoms with Gasteiger partial charge in [-0.2, -0.15) is 0 Å². The number of unbranched alkanes of at least 4 members (excludes halogenated alkanes) is 1. The van der Waals surface area contributed by atoms with Crippen molar-refractivity contribution >= 4 is 5.91 Å². The minimum atomic E-state index is -0.00390. The first kappa shape index (κ1) is 22.3. The van der Waals surface area contributed by atoms with Crippen LogP contribution in [0.15, 0.2) is 42.6 Å². The molecule has 1 aromatic heterocycles. The van der Waals surface area contributed by atoms with Gasteiger partial charge in [-0.15, -0.1) is 0 Å². The number of amides is 1. The van der Waals surface area contributed by atoms with Crippen molar-refractivity contribution in [3.05, 3.63) is 59.4 Å². The maximum absolute atomic E-state index is 12.8. The summed E-state index contributed by atoms with van der Waals surface area (Å²) in [6.07, 6.45) is 6.64. The summed E-state index contributed by atoms with van der Waals surface area (Å²) < 4.78 is 11.6. The molecule has 162 valence electrons. The second kappa shape index (κ2) is 11.7. The minimum Gasteiger partial charge on any atom is -0.494 e. The lowest BCUT2D eigenvalue weighted by molar-refractivity contribution is -0.136. The molecule has 2 heterocycles. The van der Waals surface area contributed by atoms with Crippen LogP contribution in [0.25, 0.3) is 0 Å². The van der Waals surface area contributed by atoms with E-state index >= 15 is 0 Å². The number of nitrogens with zero attached hydrogens (tertiary/aromatic N) is 2. The van der Waals surface area contributed by atoms with Crippen LogP contribution < -0.4 is 4.74 Å². The van der Waals surface area contributed by atoms with Crippen LogP contribution in [0.3, 0.4) is 0 Å². The van der Waals surface area contributed by atoms with Gasteiger partial charge in [-0.3, -0.25) is 9.78 Å². The molecule has 1 aliphatic heterocycles. The van der Waals surface area contributed by atoms with Crippen molar-refractivity contribution in [2.45, 2.75) is 52.5 Å². The number of rotatable bonds is 11. The predicted octanol–water partition coefficient (Wildman–Crippen LogP) is 4.43. The molecular formula is C25H34N2O3. The molecule has 5 nitrogen and oxygen atoms in total. The van der Waals surface area contributed by atoms with Crippen molar-refractivity contribution in [1.29, 1.82) is 0 Å². The van der Waals surface area contributed by atoms with Crippen LogP contribution in [0.1, 0.15) is 49.9 Å². The Balaban J connectivity index is 1.52. The number of benzene rings is 1. The van der Waals surface area contributed by atoms with Crippen molar-refractivity contribution in [1.82, 2.24) is 9.88 Å². The molecule has 0 fully saturated rings. The summed E-state index contributed by atoms with van der Waals surface area (Å²) in [4.78, 5) is 19.1. The van der Waals surface area contributed by atoms with E-state index in [-0.39, 0.29) is 11.8 Å². The zero-order valence-electron chi connectivity index (χ0n) is 18.3. The molecule has 1 amide bonds. The average Bonchev–Trinajstić information content (AvgIpc) is 2.88. The Labute approximate surface area is 180 Å². The number of carbonyl (C=O) groups is 1. The van der Waals surface area contributed by atoms with Crippen molar-refractivity contribution < 1.29 is 14.3 Å². The first-order valence-corrected chi connectivity index (χ1v) is 11.2. The third-order valence-corrected chi connectivity index (χ3v) is 5.47. The fraction of sp³-hybridized carbons (Fsp3) is 0.520. The quantitative estimate of drug-likeness (QED) is 0.514. The molecule has 2 aromatic rings. The second-order valence-corrected chi connectivity index (χ2v) is 8.03. The summed E-state index contributed by atoms with van der Waals surface area (Å²) in [5.74, 6) is 1.09. The molecular weight excluding hydrogens is 376 g/mol. The van der Waals surface area contributed by atoms with E-state index < -0.39 is 0 Å². The Hall–Kier alpha value is -2.40. The molecule has 5 heteroatoms. The van der Waals surface area contributed by atoms with Gasteiger partial charge in [-0.05, 0) is 67.5 Å². The Bertz CT molecular complexity index is 794. The highest BCUT2D eigenvalue weighted by molar-refractivity contribution is 5.79. The Morgan fingerprint density at radius 1 is 1.10 bits per heavy atom. The maximum atomic E-state index is 12.8. The first-order valence-electron chi connectivity index (χ1n) is 11.2. The second-order valence-electron chi connectivity index (χ2n) is 8.03. The van der Waals surface area contributed by atoms with E-state index in [4.69, 9.17) is 9.47 Å². The molecule has 0 bridgehead atoms. The summed E-state index contributed by atoms with van der Waals surface area (Å²) in [7, 11) is 0. The topological polar surface area (TPSA) is 51.7 Å². The lowest BCUT2D eigenvalue weighted by atomic mass is 9.98. The molecule has 0 radical (unpaired) electrons. The predicted molar refractivity (Wildman–Crippen MR) is 119 cm³/mol. The number of fused-ring (bicyclic) bond motifs is 1. The Morgan fingerprint density at radius 2 is 2.00 bits per heavy atom. The van der Waals surface area contributed by atoms with Crippen LogP contribution in [0.4, 0.5) is 0 Å². The van der Waals surface area contributed by atoms with Gasteiger partial charge >= 0.3 is 0 Å². The fourth-order valence-electron chi connectivity index (χ4n) is 3.81. The van der Waals surface area contributed by atoms with Crippen molar-refractivity contribution in [2.24, 2.45) is 5.92 Å². The van der Waals surface area contributed by atoms with Crippen LogP contribution in [0, 0.1) is 5.92 Å². The monoisotopic (exact) mass is 410 g/mol. The first-order chi connectivity index (χ1) is 14.7. The van der Waals surface area contributed by atoms with Crippen molar-refractivity contribution in [2.75, 3.05) is 26.4 Å². The summed E-state index contributed by atoms with van der Waals surface area (Å²) >= 11 is 0. The molecule has 0 spiro atoms. The standard InChI is InChI=1S/C25H34N2O3/c1-3-14-29-16-13-27-19-22-18-24(11-10-21(22)17-20(2)25(27)28)30-15-7-5-9-23-8-4-6-12-26-23/h4,6,8,10-12,18,20H,3,5,7,9,13-17,19H2,1-2H3/t20-/m1/s1. The molecule has 1 atom stereocenters. The zero-order chi connectivity index (χ0) is 21.2. The lowest BCUT2D eigenvalue weighted by Gasteiger charge is -2.23. The van der Waals surface area contributed by atoms with Gasteiger partial charge in [0.05, 0.1) is 13.2 Å². The van der Waals surface area contributed by atoms with Crippen LogP contribution in [-0.2, 0) is 28.9 Å². The third kappa shape index (κ3) is 6.56. The summed E-state index contributed by atoms with van der Waals surface area (Å²) in [5.41, 5.74) is 3.56. The number of carbonyl (C=O) groups excluding carboxylic acids is 1. The number of hydrogen-bond acceptors (Lipinski definition) is 4. The van der Waals surface area contributed by atoms with E-state index in [1.54, 1.807) is 0 Å². The van der Waals surface area contributed by atoms with Gasteiger partial charge in [-0.1, -0.05) is 26.0 Å². The highest BCUT2D eigenvalue weighted by Crippen LogP contribution is 2.26. The van der Waals surface area contributed by atoms with Crippen LogP contribution >= 0.6 is 0 Å². The highest BCUT2D eigenvalue weighted by atomic mass is 16.5. The maximum Gasteiger partial charge on any atom is 0.226 e. The Kier molecular flexibility index (Phi) is 8.69. The summed E-state index contributed by atoms with van der Waals surface area (Å²) in [6.45, 7) is 7.40. The lowest BCUT2D eigenvalue weighted by Crippen LogP contribution is -2.36. The van der Waals surface area contributed by atoms with Gasteiger partial charge in [0.25, 0.3) is 0 Å². The molecule has 0 N–H and O–H groups in total. The molecule has 1 aliphatic rings. The normalized spacial score (nSPS) is 16.3. The van der Waals surface area contributed by atoms with Crippen molar-refractivity contribution in [3.8, 4) is 5.75 Å². The van der Waals surface area contributed by atoms with E-state index in [0.717, 1.165) is 50.2 Å². The van der Waals surface area contributed by atoms with E-state index in [1.807, 2.05) is 36.2 Å². The average molecular weight is 411 g/mol. The smallest absolute Gasteiger partial charge is 0.226 e. The molecule has 0 saturated carbocycles. The highest BCUT2D eigenvalue weighted by Gasteiger charge is 2.26. The molecule has 3 rings (SSSR count). The molecule has 0 aliphatic carbocycles. The van der Waals surface area contributed by atoms with Gasteiger partial charge in [0.1, 0.15) is 5.75 Å². The van der Waals surface area contributed by atoms with Gasteiger partial charge in [0.15, 0.2) is 0 Å². The third-order valence-electron chi connectivity index (χ3n) is 5.47. The summed E-state index contributed by atoms with van der Waals surface area (Å²) in [5, 5.41) is 0. The number of ether oxygens (including phenoxy) is 2. The van der Waals surface area contributed by atoms with Gasteiger partial charge in [0.2, 0.25) is 5.91 Å². The van der Waals surface area contributed by atoms with E-state index in [2.05, 4.69) is 30.1 Å². The number of aromatic nitrogens is 1. The largest absolute Gasteiger partial charge is 0.494 e. The van der Waals surface area contributed by atoms with Crippen LogP contribution in [0.5, 0.6) is 5.75 Å². The number of aryl methyl sites for hydroxylation is 1. The van der Waals surface area contributed by atoms with E-state index in [0.29, 0.717) is 26.3 Å².